The average Bonchev–Trinajstić information content (AvgIpc) is 3.38. The maximum atomic E-state index is 10.0. The van der Waals surface area contributed by atoms with Gasteiger partial charge in [-0.05, 0) is 6.92 Å². The number of carbonyl (C=O) groups excluding carboxylic acids is 3. The first-order valence-electron chi connectivity index (χ1n) is 9.65. The van der Waals surface area contributed by atoms with E-state index in [0.717, 1.165) is 6.42 Å². The summed E-state index contributed by atoms with van der Waals surface area (Å²) in [6.07, 6.45) is -2.69. The van der Waals surface area contributed by atoms with E-state index < -0.39 is 24.6 Å². The number of hydrogen-bond acceptors (Lipinski definition) is 10. The van der Waals surface area contributed by atoms with Gasteiger partial charge in [0.25, 0.3) is 0 Å². The summed E-state index contributed by atoms with van der Waals surface area (Å²) < 4.78 is 26.3. The molecule has 0 spiro atoms. The molecule has 3 saturated heterocycles. The summed E-state index contributed by atoms with van der Waals surface area (Å²) in [6.45, 7) is 16.0. The monoisotopic (exact) mass is 444 g/mol. The Kier molecular flexibility index (Phi) is 32.6. The predicted octanol–water partition coefficient (Wildman–Crippen LogP) is 4.54. The van der Waals surface area contributed by atoms with Crippen LogP contribution in [-0.4, -0.2) is 74.0 Å². The maximum absolute atomic E-state index is 10.0. The molecule has 1 unspecified atom stereocenters. The summed E-state index contributed by atoms with van der Waals surface area (Å²) in [5, 5.41) is 13.9. The molecule has 3 aliphatic heterocycles. The van der Waals surface area contributed by atoms with Crippen molar-refractivity contribution in [2.75, 3.05) is 33.0 Å². The van der Waals surface area contributed by atoms with Gasteiger partial charge in [0.15, 0.2) is 0 Å². The van der Waals surface area contributed by atoms with Gasteiger partial charge in [-0.15, -0.1) is 0 Å². The molecule has 3 heterocycles. The van der Waals surface area contributed by atoms with Crippen LogP contribution in [0.2, 0.25) is 0 Å². The van der Waals surface area contributed by atoms with Crippen LogP contribution in [-0.2, 0) is 28.4 Å². The van der Waals surface area contributed by atoms with Crippen molar-refractivity contribution in [3.63, 3.8) is 0 Å². The first-order chi connectivity index (χ1) is 14.3. The van der Waals surface area contributed by atoms with E-state index in [0.29, 0.717) is 33.0 Å². The Labute approximate surface area is 177 Å². The van der Waals surface area contributed by atoms with Crippen molar-refractivity contribution >= 4 is 24.6 Å². The zero-order valence-electron chi connectivity index (χ0n) is 18.8. The Bertz CT molecular complexity index is 398. The first kappa shape index (κ1) is 34.6. The number of carboxylic acid groups (broad SMARTS) is 2. The highest BCUT2D eigenvalue weighted by Crippen LogP contribution is 2.02. The maximum Gasteiger partial charge on any atom is 0.508 e. The predicted molar refractivity (Wildman–Crippen MR) is 106 cm³/mol. The van der Waals surface area contributed by atoms with Crippen LogP contribution in [0, 0.1) is 0 Å². The molecule has 30 heavy (non-hydrogen) atoms. The molecule has 0 saturated carbocycles. The van der Waals surface area contributed by atoms with Gasteiger partial charge >= 0.3 is 24.6 Å². The second-order valence-corrected chi connectivity index (χ2v) is 4.02. The minimum atomic E-state index is -1.83. The second kappa shape index (κ2) is 28.3. The number of hydrogen-bond donors (Lipinski definition) is 2. The molecule has 2 N–H and O–H groups in total. The lowest BCUT2D eigenvalue weighted by atomic mass is 10.5. The SMILES string of the molecule is CC.CC.CC.CC1COC(=O)O1.O=C(O)O.O=C1OCCCO1.O=C1OCCO1. The highest BCUT2D eigenvalue weighted by molar-refractivity contribution is 5.61. The van der Waals surface area contributed by atoms with Crippen molar-refractivity contribution < 1.29 is 57.8 Å². The van der Waals surface area contributed by atoms with Crippen molar-refractivity contribution in [3.8, 4) is 0 Å². The molecular weight excluding hydrogens is 408 g/mol. The fourth-order valence-corrected chi connectivity index (χ4v) is 1.12. The lowest BCUT2D eigenvalue weighted by Gasteiger charge is -2.09. The Morgan fingerprint density at radius 3 is 1.17 bits per heavy atom. The van der Waals surface area contributed by atoms with Gasteiger partial charge in [-0.3, -0.25) is 0 Å². The Morgan fingerprint density at radius 1 is 0.700 bits per heavy atom. The minimum absolute atomic E-state index is 0.0486. The van der Waals surface area contributed by atoms with Gasteiger partial charge in [-0.25, -0.2) is 19.2 Å². The van der Waals surface area contributed by atoms with E-state index in [1.807, 2.05) is 41.5 Å². The van der Waals surface area contributed by atoms with E-state index >= 15 is 0 Å². The van der Waals surface area contributed by atoms with Gasteiger partial charge in [0.05, 0.1) is 13.2 Å². The number of carbonyl (C=O) groups is 4. The topological polar surface area (TPSA) is 164 Å². The average molecular weight is 444 g/mol. The van der Waals surface area contributed by atoms with Crippen LogP contribution in [0.3, 0.4) is 0 Å². The first-order valence-corrected chi connectivity index (χ1v) is 9.65. The van der Waals surface area contributed by atoms with Crippen LogP contribution in [0.5, 0.6) is 0 Å². The number of ether oxygens (including phenoxy) is 6. The molecule has 0 aromatic carbocycles. The molecule has 3 fully saturated rings. The number of rotatable bonds is 0. The smallest absolute Gasteiger partial charge is 0.450 e. The second-order valence-electron chi connectivity index (χ2n) is 4.02. The summed E-state index contributed by atoms with van der Waals surface area (Å²) >= 11 is 0. The molecule has 0 radical (unpaired) electrons. The highest BCUT2D eigenvalue weighted by atomic mass is 16.8. The van der Waals surface area contributed by atoms with Gasteiger partial charge < -0.3 is 38.6 Å². The quantitative estimate of drug-likeness (QED) is 0.396. The molecule has 3 aliphatic rings. The van der Waals surface area contributed by atoms with Gasteiger partial charge in [0.1, 0.15) is 25.9 Å². The third kappa shape index (κ3) is 32.7. The molecular formula is C18H36O12. The normalized spacial score (nSPS) is 16.9. The van der Waals surface area contributed by atoms with Crippen molar-refractivity contribution in [1.29, 1.82) is 0 Å². The lowest BCUT2D eigenvalue weighted by Crippen LogP contribution is -2.16. The zero-order valence-corrected chi connectivity index (χ0v) is 18.8. The van der Waals surface area contributed by atoms with Crippen LogP contribution < -0.4 is 0 Å². The van der Waals surface area contributed by atoms with E-state index in [1.54, 1.807) is 6.92 Å². The Morgan fingerprint density at radius 2 is 1.03 bits per heavy atom. The fraction of sp³-hybridized carbons (Fsp3) is 0.778. The summed E-state index contributed by atoms with van der Waals surface area (Å²) in [5.41, 5.74) is 0. The molecule has 0 aromatic heterocycles. The standard InChI is InChI=1S/2C4H6O3.C3H4O3.3C2H6.CH2O3/c1-3-2-6-4(5)7-3;5-4-6-2-1-3-7-4;4-3-5-1-2-6-3;3*1-2;2-1(3)4/h3H,2H2,1H3;1-3H2;1-2H2;3*1-2H3;(H2,2,3,4). The summed E-state index contributed by atoms with van der Waals surface area (Å²) in [5.74, 6) is 0. The highest BCUT2D eigenvalue weighted by Gasteiger charge is 2.19. The molecule has 12 heteroatoms. The Balaban J connectivity index is -0.000000141. The van der Waals surface area contributed by atoms with Crippen LogP contribution in [0.4, 0.5) is 19.2 Å². The summed E-state index contributed by atoms with van der Waals surface area (Å²) in [4.78, 5) is 38.4. The minimum Gasteiger partial charge on any atom is -0.450 e. The third-order valence-corrected chi connectivity index (χ3v) is 1.98. The largest absolute Gasteiger partial charge is 0.508 e. The van der Waals surface area contributed by atoms with Crippen molar-refractivity contribution in [2.24, 2.45) is 0 Å². The van der Waals surface area contributed by atoms with Gasteiger partial charge in [-0.1, -0.05) is 41.5 Å². The van der Waals surface area contributed by atoms with Crippen molar-refractivity contribution in [3.05, 3.63) is 0 Å². The van der Waals surface area contributed by atoms with Crippen LogP contribution >= 0.6 is 0 Å². The van der Waals surface area contributed by atoms with E-state index in [4.69, 9.17) is 15.0 Å². The van der Waals surface area contributed by atoms with Crippen molar-refractivity contribution in [2.45, 2.75) is 61.0 Å². The summed E-state index contributed by atoms with van der Waals surface area (Å²) in [6, 6.07) is 0. The molecule has 0 aromatic rings. The molecule has 3 rings (SSSR count). The third-order valence-electron chi connectivity index (χ3n) is 1.98. The zero-order chi connectivity index (χ0) is 24.4. The van der Waals surface area contributed by atoms with Crippen molar-refractivity contribution in [1.82, 2.24) is 0 Å². The van der Waals surface area contributed by atoms with E-state index in [9.17, 15) is 14.4 Å². The van der Waals surface area contributed by atoms with Gasteiger partial charge in [-0.2, -0.15) is 0 Å². The molecule has 0 bridgehead atoms. The molecule has 0 amide bonds. The van der Waals surface area contributed by atoms with E-state index in [-0.39, 0.29) is 6.10 Å². The van der Waals surface area contributed by atoms with Crippen LogP contribution in [0.1, 0.15) is 54.9 Å². The van der Waals surface area contributed by atoms with E-state index in [1.165, 1.54) is 0 Å². The van der Waals surface area contributed by atoms with Gasteiger partial charge in [0, 0.05) is 6.42 Å². The fourth-order valence-electron chi connectivity index (χ4n) is 1.12. The van der Waals surface area contributed by atoms with Gasteiger partial charge in [0.2, 0.25) is 0 Å². The number of cyclic esters (lactones) is 6. The van der Waals surface area contributed by atoms with Crippen LogP contribution in [0.15, 0.2) is 0 Å². The molecule has 1 atom stereocenters. The molecule has 12 nitrogen and oxygen atoms in total. The lowest BCUT2D eigenvalue weighted by molar-refractivity contribution is 0.0192. The summed E-state index contributed by atoms with van der Waals surface area (Å²) in [7, 11) is 0. The Hall–Kier alpha value is -2.92. The van der Waals surface area contributed by atoms with E-state index in [2.05, 4.69) is 28.4 Å². The van der Waals surface area contributed by atoms with Crippen LogP contribution in [0.25, 0.3) is 0 Å². The molecule has 0 aliphatic carbocycles. The molecule has 180 valence electrons.